The Morgan fingerprint density at radius 1 is 1.04 bits per heavy atom. The van der Waals surface area contributed by atoms with Gasteiger partial charge in [-0.05, 0) is 30.5 Å². The monoisotopic (exact) mass is 312 g/mol. The van der Waals surface area contributed by atoms with E-state index >= 15 is 0 Å². The standard InChI is InChI=1S/C20H24O3/c1-15-14-22-20(17-9-11-18(21-2)12-10-17)23-19(15)13-8-16-6-4-3-5-7-16/h3-7,9-12,15,19-20H,8,13-14H2,1-2H3/t15-,19+,20-/m0/s1. The van der Waals surface area contributed by atoms with Gasteiger partial charge in [0.25, 0.3) is 0 Å². The van der Waals surface area contributed by atoms with Crippen LogP contribution in [0, 0.1) is 5.92 Å². The van der Waals surface area contributed by atoms with Gasteiger partial charge in [-0.3, -0.25) is 0 Å². The molecule has 23 heavy (non-hydrogen) atoms. The zero-order chi connectivity index (χ0) is 16.1. The highest BCUT2D eigenvalue weighted by atomic mass is 16.7. The molecular weight excluding hydrogens is 288 g/mol. The van der Waals surface area contributed by atoms with Crippen LogP contribution in [0.25, 0.3) is 0 Å². The predicted molar refractivity (Wildman–Crippen MR) is 90.5 cm³/mol. The van der Waals surface area contributed by atoms with Gasteiger partial charge >= 0.3 is 0 Å². The van der Waals surface area contributed by atoms with Gasteiger partial charge in [-0.1, -0.05) is 49.4 Å². The van der Waals surface area contributed by atoms with Crippen molar-refractivity contribution >= 4 is 0 Å². The molecule has 1 saturated heterocycles. The first-order valence-corrected chi connectivity index (χ1v) is 8.21. The minimum Gasteiger partial charge on any atom is -0.497 e. The lowest BCUT2D eigenvalue weighted by atomic mass is 9.97. The first-order valence-electron chi connectivity index (χ1n) is 8.21. The average Bonchev–Trinajstić information content (AvgIpc) is 2.62. The van der Waals surface area contributed by atoms with Crippen LogP contribution in [0.15, 0.2) is 54.6 Å². The molecule has 0 saturated carbocycles. The molecule has 0 bridgehead atoms. The zero-order valence-electron chi connectivity index (χ0n) is 13.8. The van der Waals surface area contributed by atoms with E-state index in [4.69, 9.17) is 14.2 Å². The number of aryl methyl sites for hydroxylation is 1. The maximum absolute atomic E-state index is 6.22. The first kappa shape index (κ1) is 16.0. The van der Waals surface area contributed by atoms with Gasteiger partial charge in [-0.2, -0.15) is 0 Å². The molecule has 0 spiro atoms. The molecule has 3 rings (SSSR count). The van der Waals surface area contributed by atoms with E-state index in [0.29, 0.717) is 5.92 Å². The zero-order valence-corrected chi connectivity index (χ0v) is 13.8. The van der Waals surface area contributed by atoms with E-state index in [-0.39, 0.29) is 12.4 Å². The molecule has 0 N–H and O–H groups in total. The van der Waals surface area contributed by atoms with Gasteiger partial charge in [0.1, 0.15) is 5.75 Å². The van der Waals surface area contributed by atoms with Gasteiger partial charge in [0.05, 0.1) is 19.8 Å². The van der Waals surface area contributed by atoms with Gasteiger partial charge in [-0.25, -0.2) is 0 Å². The fourth-order valence-electron chi connectivity index (χ4n) is 2.92. The molecule has 0 radical (unpaired) electrons. The van der Waals surface area contributed by atoms with Crippen molar-refractivity contribution in [3.05, 3.63) is 65.7 Å². The van der Waals surface area contributed by atoms with Crippen LogP contribution in [0.2, 0.25) is 0 Å². The molecule has 0 aliphatic carbocycles. The summed E-state index contributed by atoms with van der Waals surface area (Å²) in [6.07, 6.45) is 1.99. The second kappa shape index (κ2) is 7.62. The lowest BCUT2D eigenvalue weighted by molar-refractivity contribution is -0.239. The summed E-state index contributed by atoms with van der Waals surface area (Å²) in [4.78, 5) is 0. The number of methoxy groups -OCH3 is 1. The summed E-state index contributed by atoms with van der Waals surface area (Å²) < 4.78 is 17.3. The Labute approximate surface area is 138 Å². The van der Waals surface area contributed by atoms with Gasteiger partial charge in [0.15, 0.2) is 6.29 Å². The highest BCUT2D eigenvalue weighted by Gasteiger charge is 2.29. The summed E-state index contributed by atoms with van der Waals surface area (Å²) >= 11 is 0. The topological polar surface area (TPSA) is 27.7 Å². The van der Waals surface area contributed by atoms with Crippen molar-refractivity contribution in [2.24, 2.45) is 5.92 Å². The minimum absolute atomic E-state index is 0.219. The van der Waals surface area contributed by atoms with Crippen LogP contribution in [-0.2, 0) is 15.9 Å². The summed E-state index contributed by atoms with van der Waals surface area (Å²) in [5.74, 6) is 1.26. The predicted octanol–water partition coefficient (Wildman–Crippen LogP) is 4.38. The van der Waals surface area contributed by atoms with Crippen LogP contribution >= 0.6 is 0 Å². The Kier molecular flexibility index (Phi) is 5.31. The first-order chi connectivity index (χ1) is 11.3. The van der Waals surface area contributed by atoms with Crippen LogP contribution in [0.5, 0.6) is 5.75 Å². The molecule has 122 valence electrons. The van der Waals surface area contributed by atoms with E-state index in [0.717, 1.165) is 30.8 Å². The third-order valence-electron chi connectivity index (χ3n) is 4.39. The summed E-state index contributed by atoms with van der Waals surface area (Å²) in [6.45, 7) is 2.93. The van der Waals surface area contributed by atoms with Gasteiger partial charge in [0, 0.05) is 11.5 Å². The van der Waals surface area contributed by atoms with E-state index in [2.05, 4.69) is 37.3 Å². The molecule has 2 aromatic carbocycles. The van der Waals surface area contributed by atoms with Crippen LogP contribution in [-0.4, -0.2) is 19.8 Å². The third-order valence-corrected chi connectivity index (χ3v) is 4.39. The van der Waals surface area contributed by atoms with Crippen molar-refractivity contribution in [2.75, 3.05) is 13.7 Å². The molecule has 1 fully saturated rings. The van der Waals surface area contributed by atoms with Crippen molar-refractivity contribution in [3.63, 3.8) is 0 Å². The highest BCUT2D eigenvalue weighted by molar-refractivity contribution is 5.28. The normalized spacial score (nSPS) is 24.3. The molecule has 0 amide bonds. The highest BCUT2D eigenvalue weighted by Crippen LogP contribution is 2.31. The Hall–Kier alpha value is -1.84. The minimum atomic E-state index is -0.280. The van der Waals surface area contributed by atoms with Crippen molar-refractivity contribution in [3.8, 4) is 5.75 Å². The molecule has 1 heterocycles. The largest absolute Gasteiger partial charge is 0.497 e. The smallest absolute Gasteiger partial charge is 0.184 e. The molecule has 0 aromatic heterocycles. The summed E-state index contributed by atoms with van der Waals surface area (Å²) in [6, 6.07) is 18.5. The van der Waals surface area contributed by atoms with Crippen molar-refractivity contribution < 1.29 is 14.2 Å². The van der Waals surface area contributed by atoms with E-state index < -0.39 is 0 Å². The molecule has 1 aliphatic rings. The van der Waals surface area contributed by atoms with Gasteiger partial charge in [0.2, 0.25) is 0 Å². The van der Waals surface area contributed by atoms with Gasteiger partial charge < -0.3 is 14.2 Å². The van der Waals surface area contributed by atoms with Crippen LogP contribution in [0.4, 0.5) is 0 Å². The van der Waals surface area contributed by atoms with Crippen LogP contribution < -0.4 is 4.74 Å². The van der Waals surface area contributed by atoms with E-state index in [1.54, 1.807) is 7.11 Å². The van der Waals surface area contributed by atoms with Gasteiger partial charge in [-0.15, -0.1) is 0 Å². The second-order valence-corrected chi connectivity index (χ2v) is 6.11. The molecule has 3 atom stereocenters. The van der Waals surface area contributed by atoms with Crippen LogP contribution in [0.1, 0.15) is 30.8 Å². The Balaban J connectivity index is 1.61. The molecule has 0 unspecified atom stereocenters. The molecule has 2 aromatic rings. The third kappa shape index (κ3) is 4.12. The maximum atomic E-state index is 6.22. The lowest BCUT2D eigenvalue weighted by Gasteiger charge is -2.35. The number of hydrogen-bond donors (Lipinski definition) is 0. The number of ether oxygens (including phenoxy) is 3. The fourth-order valence-corrected chi connectivity index (χ4v) is 2.92. The van der Waals surface area contributed by atoms with Crippen molar-refractivity contribution in [1.29, 1.82) is 0 Å². The lowest BCUT2D eigenvalue weighted by Crippen LogP contribution is -2.34. The fraction of sp³-hybridized carbons (Fsp3) is 0.400. The molecule has 1 aliphatic heterocycles. The van der Waals surface area contributed by atoms with E-state index in [1.807, 2.05) is 24.3 Å². The quantitative estimate of drug-likeness (QED) is 0.820. The van der Waals surface area contributed by atoms with Crippen molar-refractivity contribution in [1.82, 2.24) is 0 Å². The maximum Gasteiger partial charge on any atom is 0.184 e. The number of rotatable bonds is 5. The number of benzene rings is 2. The molecular formula is C20H24O3. The SMILES string of the molecule is COc1ccc([C@H]2OC[C@H](C)[C@@H](CCc3ccccc3)O2)cc1. The Bertz CT molecular complexity index is 594. The number of hydrogen-bond acceptors (Lipinski definition) is 3. The van der Waals surface area contributed by atoms with Crippen molar-refractivity contribution in [2.45, 2.75) is 32.2 Å². The average molecular weight is 312 g/mol. The van der Waals surface area contributed by atoms with E-state index in [9.17, 15) is 0 Å². The Morgan fingerprint density at radius 3 is 2.48 bits per heavy atom. The second-order valence-electron chi connectivity index (χ2n) is 6.11. The molecule has 3 nitrogen and oxygen atoms in total. The Morgan fingerprint density at radius 2 is 1.78 bits per heavy atom. The summed E-state index contributed by atoms with van der Waals surface area (Å²) in [7, 11) is 1.67. The molecule has 3 heteroatoms. The summed E-state index contributed by atoms with van der Waals surface area (Å²) in [5.41, 5.74) is 2.40. The van der Waals surface area contributed by atoms with E-state index in [1.165, 1.54) is 5.56 Å². The van der Waals surface area contributed by atoms with Crippen LogP contribution in [0.3, 0.4) is 0 Å². The summed E-state index contributed by atoms with van der Waals surface area (Å²) in [5, 5.41) is 0.